The summed E-state index contributed by atoms with van der Waals surface area (Å²) in [5.74, 6) is -4.21. The Morgan fingerprint density at radius 3 is 2.25 bits per heavy atom. The molecule has 0 aliphatic heterocycles. The smallest absolute Gasteiger partial charge is 0.309 e. The average molecular weight is 533 g/mol. The van der Waals surface area contributed by atoms with Gasteiger partial charge < -0.3 is 25.3 Å². The van der Waals surface area contributed by atoms with Gasteiger partial charge in [-0.25, -0.2) is 21.9 Å². The van der Waals surface area contributed by atoms with Gasteiger partial charge in [-0.15, -0.1) is 0 Å². The molecule has 0 aliphatic carbocycles. The van der Waals surface area contributed by atoms with Gasteiger partial charge in [0.25, 0.3) is 5.91 Å². The third-order valence-electron chi connectivity index (χ3n) is 5.08. The van der Waals surface area contributed by atoms with E-state index in [1.807, 2.05) is 18.6 Å². The van der Waals surface area contributed by atoms with Crippen molar-refractivity contribution in [3.8, 4) is 0 Å². The van der Waals surface area contributed by atoms with E-state index in [9.17, 15) is 37.0 Å². The maximum Gasteiger partial charge on any atom is 0.309 e. The second-order valence-electron chi connectivity index (χ2n) is 8.88. The second kappa shape index (κ2) is 12.2. The van der Waals surface area contributed by atoms with Crippen LogP contribution in [0.4, 0.5) is 14.8 Å². The Kier molecular flexibility index (Phi) is 9.90. The van der Waals surface area contributed by atoms with Crippen LogP contribution < -0.4 is 15.4 Å². The minimum atomic E-state index is -3.73. The Morgan fingerprint density at radius 2 is 1.69 bits per heavy atom. The summed E-state index contributed by atoms with van der Waals surface area (Å²) < 4.78 is 56.9. The number of rotatable bonds is 12. The minimum Gasteiger partial charge on any atom is -0.431 e. The number of aliphatic hydroxyl groups excluding tert-OH is 2. The number of aromatic nitrogens is 1. The molecule has 1 aromatic heterocycles. The van der Waals surface area contributed by atoms with Gasteiger partial charge in [0.1, 0.15) is 24.0 Å². The number of nitrogens with zero attached hydrogens (tertiary/aromatic N) is 1. The fourth-order valence-electron chi connectivity index (χ4n) is 3.22. The van der Waals surface area contributed by atoms with Crippen molar-refractivity contribution in [2.24, 2.45) is 11.8 Å². The zero-order valence-electron chi connectivity index (χ0n) is 20.2. The van der Waals surface area contributed by atoms with Crippen molar-refractivity contribution < 1.29 is 41.4 Å². The molecule has 0 saturated carbocycles. The van der Waals surface area contributed by atoms with Crippen molar-refractivity contribution in [1.82, 2.24) is 15.6 Å². The molecule has 2 rings (SSSR count). The van der Waals surface area contributed by atoms with Gasteiger partial charge in [0.05, 0.1) is 24.3 Å². The fraction of sp³-hybridized carbons (Fsp3) is 0.500. The molecular weight excluding hydrogens is 502 g/mol. The lowest BCUT2D eigenvalue weighted by molar-refractivity contribution is -0.131. The SMILES string of the molecule is CC(C)CNC(=O)C(C)C(O)C(O)C(Cc1cc(F)cc(F)c1)NC(=O)c1coc(NS(C)(=O)=O)n1. The molecule has 0 fully saturated rings. The van der Waals surface area contributed by atoms with Gasteiger partial charge in [0.2, 0.25) is 15.9 Å². The van der Waals surface area contributed by atoms with E-state index in [2.05, 4.69) is 15.6 Å². The first-order valence-corrected chi connectivity index (χ1v) is 12.9. The Morgan fingerprint density at radius 1 is 1.08 bits per heavy atom. The van der Waals surface area contributed by atoms with Gasteiger partial charge in [0, 0.05) is 12.6 Å². The first-order chi connectivity index (χ1) is 16.7. The van der Waals surface area contributed by atoms with Crippen LogP contribution in [0.25, 0.3) is 0 Å². The van der Waals surface area contributed by atoms with E-state index < -0.39 is 63.7 Å². The van der Waals surface area contributed by atoms with Crippen LogP contribution in [0.2, 0.25) is 0 Å². The van der Waals surface area contributed by atoms with Gasteiger partial charge in [-0.2, -0.15) is 4.98 Å². The molecule has 200 valence electrons. The van der Waals surface area contributed by atoms with Crippen LogP contribution in [0.1, 0.15) is 36.8 Å². The summed E-state index contributed by atoms with van der Waals surface area (Å²) in [6, 6.07) is 0.809. The number of aliphatic hydroxyl groups is 2. The van der Waals surface area contributed by atoms with Gasteiger partial charge in [-0.05, 0) is 30.0 Å². The maximum absolute atomic E-state index is 13.7. The van der Waals surface area contributed by atoms with Crippen molar-refractivity contribution in [2.45, 2.75) is 45.4 Å². The van der Waals surface area contributed by atoms with E-state index in [1.165, 1.54) is 6.92 Å². The van der Waals surface area contributed by atoms with Crippen LogP contribution >= 0.6 is 0 Å². The number of anilines is 1. The Hall–Kier alpha value is -3.10. The summed E-state index contributed by atoms with van der Waals surface area (Å²) in [7, 11) is -3.73. The molecule has 0 saturated heterocycles. The highest BCUT2D eigenvalue weighted by Crippen LogP contribution is 2.18. The third kappa shape index (κ3) is 8.84. The molecule has 4 unspecified atom stereocenters. The predicted molar refractivity (Wildman–Crippen MR) is 125 cm³/mol. The van der Waals surface area contributed by atoms with E-state index in [1.54, 1.807) is 0 Å². The number of hydrogen-bond donors (Lipinski definition) is 5. The molecule has 4 atom stereocenters. The number of halogens is 2. The lowest BCUT2D eigenvalue weighted by Gasteiger charge is -2.30. The number of carbonyl (C=O) groups is 2. The molecular formula is C22H30F2N4O7S. The molecule has 0 radical (unpaired) electrons. The molecule has 1 aromatic carbocycles. The zero-order valence-corrected chi connectivity index (χ0v) is 21.0. The highest BCUT2D eigenvalue weighted by Gasteiger charge is 2.35. The molecule has 2 aromatic rings. The van der Waals surface area contributed by atoms with Gasteiger partial charge in [0.15, 0.2) is 5.69 Å². The van der Waals surface area contributed by atoms with Crippen LogP contribution in [0.15, 0.2) is 28.9 Å². The summed E-state index contributed by atoms with van der Waals surface area (Å²) >= 11 is 0. The van der Waals surface area contributed by atoms with Crippen molar-refractivity contribution in [3.05, 3.63) is 47.4 Å². The molecule has 1 heterocycles. The van der Waals surface area contributed by atoms with Gasteiger partial charge in [-0.1, -0.05) is 20.8 Å². The Balaban J connectivity index is 2.26. The predicted octanol–water partition coefficient (Wildman–Crippen LogP) is 0.796. The van der Waals surface area contributed by atoms with Crippen LogP contribution in [0.3, 0.4) is 0 Å². The second-order valence-corrected chi connectivity index (χ2v) is 10.6. The third-order valence-corrected chi connectivity index (χ3v) is 5.62. The highest BCUT2D eigenvalue weighted by atomic mass is 32.2. The summed E-state index contributed by atoms with van der Waals surface area (Å²) in [4.78, 5) is 28.8. The number of hydrogen-bond acceptors (Lipinski definition) is 8. The van der Waals surface area contributed by atoms with Crippen LogP contribution in [-0.4, -0.2) is 66.5 Å². The number of oxazole rings is 1. The van der Waals surface area contributed by atoms with E-state index >= 15 is 0 Å². The van der Waals surface area contributed by atoms with Gasteiger partial charge >= 0.3 is 6.01 Å². The highest BCUT2D eigenvalue weighted by molar-refractivity contribution is 7.91. The normalized spacial score (nSPS) is 15.1. The quantitative estimate of drug-likeness (QED) is 0.267. The largest absolute Gasteiger partial charge is 0.431 e. The van der Waals surface area contributed by atoms with Crippen LogP contribution in [-0.2, 0) is 21.2 Å². The molecule has 0 aliphatic rings. The lowest BCUT2D eigenvalue weighted by Crippen LogP contribution is -2.53. The first kappa shape index (κ1) is 29.1. The monoisotopic (exact) mass is 532 g/mol. The molecule has 0 spiro atoms. The topological polar surface area (TPSA) is 171 Å². The average Bonchev–Trinajstić information content (AvgIpc) is 3.21. The van der Waals surface area contributed by atoms with Crippen molar-refractivity contribution >= 4 is 27.9 Å². The van der Waals surface area contributed by atoms with Crippen molar-refractivity contribution in [2.75, 3.05) is 17.5 Å². The number of sulfonamides is 1. The maximum atomic E-state index is 13.7. The summed E-state index contributed by atoms with van der Waals surface area (Å²) in [6.45, 7) is 5.47. The fourth-order valence-corrected chi connectivity index (χ4v) is 3.63. The van der Waals surface area contributed by atoms with Crippen LogP contribution in [0, 0.1) is 23.5 Å². The molecule has 0 bridgehead atoms. The van der Waals surface area contributed by atoms with E-state index in [0.29, 0.717) is 12.6 Å². The molecule has 11 nitrogen and oxygen atoms in total. The van der Waals surface area contributed by atoms with Crippen molar-refractivity contribution in [1.29, 1.82) is 0 Å². The van der Waals surface area contributed by atoms with E-state index in [4.69, 9.17) is 4.42 Å². The number of carbonyl (C=O) groups excluding carboxylic acids is 2. The minimum absolute atomic E-state index is 0.0561. The van der Waals surface area contributed by atoms with Crippen molar-refractivity contribution in [3.63, 3.8) is 0 Å². The summed E-state index contributed by atoms with van der Waals surface area (Å²) in [5, 5.41) is 26.6. The molecule has 2 amide bonds. The van der Waals surface area contributed by atoms with E-state index in [-0.39, 0.29) is 23.6 Å². The number of amides is 2. The molecule has 14 heteroatoms. The molecule has 36 heavy (non-hydrogen) atoms. The summed E-state index contributed by atoms with van der Waals surface area (Å²) in [6.07, 6.45) is -2.04. The lowest BCUT2D eigenvalue weighted by atomic mass is 9.90. The van der Waals surface area contributed by atoms with Gasteiger partial charge in [-0.3, -0.25) is 9.59 Å². The zero-order chi connectivity index (χ0) is 27.2. The Labute approximate surface area is 207 Å². The molecule has 5 N–H and O–H groups in total. The first-order valence-electron chi connectivity index (χ1n) is 11.0. The van der Waals surface area contributed by atoms with Crippen LogP contribution in [0.5, 0.6) is 0 Å². The Bertz CT molecular complexity index is 1150. The number of nitrogens with one attached hydrogen (secondary N) is 3. The number of benzene rings is 1. The summed E-state index contributed by atoms with van der Waals surface area (Å²) in [5.41, 5.74) is -0.318. The standard InChI is InChI=1S/C22H30F2N4O7S/c1-11(2)9-25-20(31)12(3)18(29)19(30)16(7-13-5-14(23)8-15(24)6-13)26-21(32)17-10-35-22(27-17)28-36(4,33)34/h5-6,8,10-12,16,18-19,29-30H,7,9H2,1-4H3,(H,25,31)(H,26,32)(H,27,28). The van der Waals surface area contributed by atoms with E-state index in [0.717, 1.165) is 24.7 Å².